The number of para-hydroxylation sites is 1. The van der Waals surface area contributed by atoms with Crippen molar-refractivity contribution in [3.8, 4) is 28.4 Å². The molecule has 4 aromatic rings. The first-order valence-electron chi connectivity index (χ1n) is 10.0. The Bertz CT molecular complexity index is 1380. The molecule has 3 aromatic carbocycles. The minimum atomic E-state index is -0.791. The second-order valence-electron chi connectivity index (χ2n) is 7.65. The highest BCUT2D eigenvalue weighted by Gasteiger charge is 2.47. The predicted molar refractivity (Wildman–Crippen MR) is 119 cm³/mol. The average Bonchev–Trinajstić information content (AvgIpc) is 3.21. The molecule has 6 heteroatoms. The molecule has 2 aliphatic rings. The van der Waals surface area contributed by atoms with Crippen LogP contribution in [0.4, 0.5) is 0 Å². The third-order valence-electron chi connectivity index (χ3n) is 5.97. The number of aliphatic imine (C=N–C) groups is 1. The van der Waals surface area contributed by atoms with Crippen molar-refractivity contribution < 1.29 is 14.2 Å². The number of amidine groups is 1. The monoisotopic (exact) mass is 409 g/mol. The van der Waals surface area contributed by atoms with Gasteiger partial charge in [-0.25, -0.2) is 4.99 Å². The zero-order valence-corrected chi connectivity index (χ0v) is 16.8. The largest absolute Gasteiger partial charge is 0.497 e. The van der Waals surface area contributed by atoms with Gasteiger partial charge in [0.15, 0.2) is 5.54 Å². The van der Waals surface area contributed by atoms with Crippen LogP contribution in [0.15, 0.2) is 77.9 Å². The standard InChI is InChI=1S/C25H19N3O3/c1-29-16-7-9-23-20(13-16)25(14-30-24(26)28-25)19-12-15(6-8-22(19)31-23)17-10-11-27-21-5-3-2-4-18(17)21/h2-13H,14H2,1H3,(H2,26,28)/t25-/m0/s1. The quantitative estimate of drug-likeness (QED) is 0.523. The lowest BCUT2D eigenvalue weighted by Crippen LogP contribution is -2.31. The van der Waals surface area contributed by atoms with Gasteiger partial charge in [-0.15, -0.1) is 0 Å². The number of methoxy groups -OCH3 is 1. The SMILES string of the molecule is COc1ccc2c(c1)[C@]1(COC(N)=N1)c1cc(-c3ccnc4ccccc34)ccc1O2. The Morgan fingerprint density at radius 2 is 1.77 bits per heavy atom. The van der Waals surface area contributed by atoms with E-state index in [2.05, 4.69) is 23.2 Å². The lowest BCUT2D eigenvalue weighted by molar-refractivity contribution is 0.264. The normalized spacial score (nSPS) is 18.7. The third kappa shape index (κ3) is 2.58. The second kappa shape index (κ2) is 6.47. The van der Waals surface area contributed by atoms with E-state index in [4.69, 9.17) is 24.9 Å². The number of aromatic nitrogens is 1. The first kappa shape index (κ1) is 17.8. The summed E-state index contributed by atoms with van der Waals surface area (Å²) in [6, 6.07) is 22.2. The van der Waals surface area contributed by atoms with Gasteiger partial charge >= 0.3 is 0 Å². The van der Waals surface area contributed by atoms with Crippen molar-refractivity contribution in [3.63, 3.8) is 0 Å². The molecule has 3 heterocycles. The van der Waals surface area contributed by atoms with Crippen LogP contribution >= 0.6 is 0 Å². The molecule has 0 aliphatic carbocycles. The Hall–Kier alpha value is -4.06. The number of benzene rings is 3. The number of rotatable bonds is 2. The third-order valence-corrected chi connectivity index (χ3v) is 5.97. The highest BCUT2D eigenvalue weighted by molar-refractivity contribution is 5.94. The van der Waals surface area contributed by atoms with Crippen LogP contribution in [-0.2, 0) is 10.3 Å². The minimum Gasteiger partial charge on any atom is -0.497 e. The van der Waals surface area contributed by atoms with Gasteiger partial charge in [0, 0.05) is 22.7 Å². The van der Waals surface area contributed by atoms with Gasteiger partial charge in [0.05, 0.1) is 12.6 Å². The fraction of sp³-hybridized carbons (Fsp3) is 0.120. The van der Waals surface area contributed by atoms with Crippen molar-refractivity contribution >= 4 is 16.9 Å². The predicted octanol–water partition coefficient (Wildman–Crippen LogP) is 4.60. The molecule has 2 aliphatic heterocycles. The molecule has 0 amide bonds. The average molecular weight is 409 g/mol. The van der Waals surface area contributed by atoms with E-state index in [1.165, 1.54) is 0 Å². The summed E-state index contributed by atoms with van der Waals surface area (Å²) >= 11 is 0. The molecule has 1 atom stereocenters. The van der Waals surface area contributed by atoms with Crippen LogP contribution < -0.4 is 15.2 Å². The van der Waals surface area contributed by atoms with Crippen LogP contribution in [0.2, 0.25) is 0 Å². The summed E-state index contributed by atoms with van der Waals surface area (Å²) in [5, 5.41) is 1.09. The zero-order valence-electron chi connectivity index (χ0n) is 16.8. The summed E-state index contributed by atoms with van der Waals surface area (Å²) in [5.74, 6) is 2.18. The zero-order chi connectivity index (χ0) is 21.0. The molecular formula is C25H19N3O3. The fourth-order valence-corrected chi connectivity index (χ4v) is 4.48. The van der Waals surface area contributed by atoms with Crippen LogP contribution in [-0.4, -0.2) is 24.7 Å². The molecule has 0 saturated heterocycles. The summed E-state index contributed by atoms with van der Waals surface area (Å²) in [7, 11) is 1.64. The van der Waals surface area contributed by atoms with Gasteiger partial charge in [-0.3, -0.25) is 4.98 Å². The molecule has 0 saturated carbocycles. The molecular weight excluding hydrogens is 390 g/mol. The van der Waals surface area contributed by atoms with Gasteiger partial charge < -0.3 is 19.9 Å². The van der Waals surface area contributed by atoms with E-state index in [9.17, 15) is 0 Å². The van der Waals surface area contributed by atoms with Crippen LogP contribution in [0.3, 0.4) is 0 Å². The first-order chi connectivity index (χ1) is 15.2. The van der Waals surface area contributed by atoms with Gasteiger partial charge in [-0.1, -0.05) is 24.3 Å². The number of ether oxygens (including phenoxy) is 3. The van der Waals surface area contributed by atoms with Crippen molar-refractivity contribution in [1.29, 1.82) is 0 Å². The maximum Gasteiger partial charge on any atom is 0.283 e. The molecule has 31 heavy (non-hydrogen) atoms. The van der Waals surface area contributed by atoms with Crippen molar-refractivity contribution in [1.82, 2.24) is 4.98 Å². The molecule has 0 bridgehead atoms. The van der Waals surface area contributed by atoms with Crippen LogP contribution in [0.25, 0.3) is 22.0 Å². The molecule has 0 radical (unpaired) electrons. The second-order valence-corrected chi connectivity index (χ2v) is 7.65. The highest BCUT2D eigenvalue weighted by atomic mass is 16.5. The number of nitrogens with two attached hydrogens (primary N) is 1. The summed E-state index contributed by atoms with van der Waals surface area (Å²) in [4.78, 5) is 9.25. The molecule has 6 rings (SSSR count). The number of nitrogens with zero attached hydrogens (tertiary/aromatic N) is 2. The Labute approximate surface area is 178 Å². The summed E-state index contributed by atoms with van der Waals surface area (Å²) in [6.07, 6.45) is 1.83. The fourth-order valence-electron chi connectivity index (χ4n) is 4.48. The van der Waals surface area contributed by atoms with Gasteiger partial charge in [0.25, 0.3) is 6.02 Å². The van der Waals surface area contributed by atoms with E-state index in [0.29, 0.717) is 6.61 Å². The maximum absolute atomic E-state index is 6.24. The van der Waals surface area contributed by atoms with Crippen LogP contribution in [0.1, 0.15) is 11.1 Å². The van der Waals surface area contributed by atoms with Crippen molar-refractivity contribution in [2.45, 2.75) is 5.54 Å². The number of pyridine rings is 1. The first-order valence-corrected chi connectivity index (χ1v) is 10.0. The van der Waals surface area contributed by atoms with E-state index in [0.717, 1.165) is 50.4 Å². The Morgan fingerprint density at radius 1 is 0.968 bits per heavy atom. The van der Waals surface area contributed by atoms with E-state index < -0.39 is 5.54 Å². The van der Waals surface area contributed by atoms with Gasteiger partial charge in [-0.05, 0) is 53.6 Å². The van der Waals surface area contributed by atoms with Gasteiger partial charge in [-0.2, -0.15) is 0 Å². The Balaban J connectivity index is 1.60. The van der Waals surface area contributed by atoms with E-state index in [1.807, 2.05) is 54.7 Å². The van der Waals surface area contributed by atoms with Crippen molar-refractivity contribution in [3.05, 3.63) is 84.1 Å². The minimum absolute atomic E-state index is 0.168. The van der Waals surface area contributed by atoms with Crippen molar-refractivity contribution in [2.24, 2.45) is 10.7 Å². The molecule has 1 aromatic heterocycles. The molecule has 2 N–H and O–H groups in total. The Morgan fingerprint density at radius 3 is 2.58 bits per heavy atom. The topological polar surface area (TPSA) is 79.0 Å². The lowest BCUT2D eigenvalue weighted by Gasteiger charge is -2.34. The summed E-state index contributed by atoms with van der Waals surface area (Å²) in [5.41, 5.74) is 10.1. The van der Waals surface area contributed by atoms with Gasteiger partial charge in [0.2, 0.25) is 0 Å². The van der Waals surface area contributed by atoms with E-state index >= 15 is 0 Å². The molecule has 0 fully saturated rings. The number of hydrogen-bond donors (Lipinski definition) is 1. The highest BCUT2D eigenvalue weighted by Crippen LogP contribution is 2.52. The molecule has 0 unspecified atom stereocenters. The number of hydrogen-bond acceptors (Lipinski definition) is 6. The molecule has 152 valence electrons. The molecule has 6 nitrogen and oxygen atoms in total. The van der Waals surface area contributed by atoms with Crippen LogP contribution in [0.5, 0.6) is 17.2 Å². The Kier molecular flexibility index (Phi) is 3.71. The van der Waals surface area contributed by atoms with Crippen LogP contribution in [0, 0.1) is 0 Å². The van der Waals surface area contributed by atoms with Gasteiger partial charge in [0.1, 0.15) is 23.9 Å². The smallest absolute Gasteiger partial charge is 0.283 e. The van der Waals surface area contributed by atoms with E-state index in [-0.39, 0.29) is 6.02 Å². The van der Waals surface area contributed by atoms with Crippen molar-refractivity contribution in [2.75, 3.05) is 13.7 Å². The lowest BCUT2D eigenvalue weighted by atomic mass is 9.80. The maximum atomic E-state index is 6.24. The summed E-state index contributed by atoms with van der Waals surface area (Å²) in [6.45, 7) is 0.301. The number of fused-ring (bicyclic) bond motifs is 5. The summed E-state index contributed by atoms with van der Waals surface area (Å²) < 4.78 is 17.4. The molecule has 1 spiro atoms. The van der Waals surface area contributed by atoms with E-state index in [1.54, 1.807) is 7.11 Å².